The van der Waals surface area contributed by atoms with Crippen LogP contribution in [0.25, 0.3) is 0 Å². The highest BCUT2D eigenvalue weighted by Gasteiger charge is 2.18. The van der Waals surface area contributed by atoms with E-state index in [0.717, 1.165) is 12.8 Å². The van der Waals surface area contributed by atoms with Gasteiger partial charge in [0, 0.05) is 13.0 Å². The van der Waals surface area contributed by atoms with Gasteiger partial charge in [-0.1, -0.05) is 20.3 Å². The van der Waals surface area contributed by atoms with E-state index >= 15 is 0 Å². The van der Waals surface area contributed by atoms with E-state index < -0.39 is 12.0 Å². The third kappa shape index (κ3) is 7.23. The Balaban J connectivity index is 3.77. The molecule has 5 nitrogen and oxygen atoms in total. The van der Waals surface area contributed by atoms with Crippen molar-refractivity contribution in [3.05, 3.63) is 0 Å². The zero-order valence-electron chi connectivity index (χ0n) is 9.99. The summed E-state index contributed by atoms with van der Waals surface area (Å²) in [6.07, 6.45) is 2.31. The lowest BCUT2D eigenvalue weighted by atomic mass is 10.1. The molecule has 0 aromatic rings. The van der Waals surface area contributed by atoms with Crippen molar-refractivity contribution in [1.82, 2.24) is 5.32 Å². The highest BCUT2D eigenvalue weighted by atomic mass is 16.5. The third-order valence-corrected chi connectivity index (χ3v) is 2.03. The minimum absolute atomic E-state index is 0.216. The zero-order valence-corrected chi connectivity index (χ0v) is 9.99. The van der Waals surface area contributed by atoms with Gasteiger partial charge in [-0.15, -0.1) is 0 Å². The Bertz CT molecular complexity index is 218. The van der Waals surface area contributed by atoms with Crippen molar-refractivity contribution < 1.29 is 19.4 Å². The maximum absolute atomic E-state index is 11.3. The summed E-state index contributed by atoms with van der Waals surface area (Å²) < 4.78 is 5.15. The molecule has 0 bridgehead atoms. The number of carbonyl (C=O) groups is 2. The van der Waals surface area contributed by atoms with Crippen LogP contribution >= 0.6 is 0 Å². The molecule has 0 aromatic heterocycles. The first-order chi connectivity index (χ1) is 7.61. The number of amides is 1. The summed E-state index contributed by atoms with van der Waals surface area (Å²) in [6, 6.07) is -0.774. The van der Waals surface area contributed by atoms with Crippen LogP contribution in [0.4, 0.5) is 0 Å². The van der Waals surface area contributed by atoms with Gasteiger partial charge >= 0.3 is 5.97 Å². The first-order valence-corrected chi connectivity index (χ1v) is 5.71. The summed E-state index contributed by atoms with van der Waals surface area (Å²) in [4.78, 5) is 22.1. The normalized spacial score (nSPS) is 12.1. The summed E-state index contributed by atoms with van der Waals surface area (Å²) in [5.41, 5.74) is 0. The number of rotatable bonds is 9. The number of carboxylic acid groups (broad SMARTS) is 1. The Labute approximate surface area is 96.2 Å². The minimum Gasteiger partial charge on any atom is -0.480 e. The third-order valence-electron chi connectivity index (χ3n) is 2.03. The lowest BCUT2D eigenvalue weighted by molar-refractivity contribution is -0.142. The molecule has 0 heterocycles. The van der Waals surface area contributed by atoms with E-state index in [1.54, 1.807) is 0 Å². The molecule has 0 aromatic carbocycles. The number of carbonyl (C=O) groups excluding carboxylic acids is 1. The number of carboxylic acids is 1. The Morgan fingerprint density at radius 3 is 2.44 bits per heavy atom. The fourth-order valence-electron chi connectivity index (χ4n) is 1.22. The van der Waals surface area contributed by atoms with E-state index in [2.05, 4.69) is 5.32 Å². The molecule has 0 aliphatic rings. The Kier molecular flexibility index (Phi) is 8.52. The van der Waals surface area contributed by atoms with Crippen molar-refractivity contribution in [3.63, 3.8) is 0 Å². The topological polar surface area (TPSA) is 75.6 Å². The maximum Gasteiger partial charge on any atom is 0.326 e. The van der Waals surface area contributed by atoms with Crippen molar-refractivity contribution in [2.75, 3.05) is 13.2 Å². The van der Waals surface area contributed by atoms with Crippen molar-refractivity contribution in [3.8, 4) is 0 Å². The Hall–Kier alpha value is -1.10. The van der Waals surface area contributed by atoms with Crippen LogP contribution in [0, 0.1) is 0 Å². The van der Waals surface area contributed by atoms with Crippen LogP contribution in [-0.2, 0) is 14.3 Å². The molecule has 0 saturated heterocycles. The van der Waals surface area contributed by atoms with Crippen molar-refractivity contribution >= 4 is 11.9 Å². The Morgan fingerprint density at radius 1 is 1.25 bits per heavy atom. The molecule has 0 spiro atoms. The second-order valence-electron chi connectivity index (χ2n) is 3.61. The van der Waals surface area contributed by atoms with Crippen LogP contribution in [0.15, 0.2) is 0 Å². The van der Waals surface area contributed by atoms with Crippen LogP contribution in [-0.4, -0.2) is 36.2 Å². The van der Waals surface area contributed by atoms with Gasteiger partial charge in [0.15, 0.2) is 0 Å². The van der Waals surface area contributed by atoms with Gasteiger partial charge in [-0.05, 0) is 12.8 Å². The molecule has 1 amide bonds. The molecule has 0 radical (unpaired) electrons. The molecular formula is C11H21NO4. The number of nitrogens with one attached hydrogen (secondary N) is 1. The molecule has 1 unspecified atom stereocenters. The van der Waals surface area contributed by atoms with Gasteiger partial charge in [-0.2, -0.15) is 0 Å². The van der Waals surface area contributed by atoms with E-state index in [0.29, 0.717) is 19.6 Å². The lowest BCUT2D eigenvalue weighted by Crippen LogP contribution is -2.40. The SMILES string of the molecule is CCCOCCC(=O)NC(CCC)C(=O)O. The monoisotopic (exact) mass is 231 g/mol. The van der Waals surface area contributed by atoms with Gasteiger partial charge in [0.25, 0.3) is 0 Å². The quantitative estimate of drug-likeness (QED) is 0.584. The Morgan fingerprint density at radius 2 is 1.94 bits per heavy atom. The van der Waals surface area contributed by atoms with E-state index in [4.69, 9.17) is 9.84 Å². The predicted octanol–water partition coefficient (Wildman–Crippen LogP) is 1.17. The summed E-state index contributed by atoms with van der Waals surface area (Å²) in [5.74, 6) is -1.25. The van der Waals surface area contributed by atoms with Crippen molar-refractivity contribution in [1.29, 1.82) is 0 Å². The smallest absolute Gasteiger partial charge is 0.326 e. The van der Waals surface area contributed by atoms with Gasteiger partial charge in [-0.3, -0.25) is 4.79 Å². The van der Waals surface area contributed by atoms with E-state index in [-0.39, 0.29) is 12.3 Å². The molecule has 0 rings (SSSR count). The van der Waals surface area contributed by atoms with E-state index in [1.807, 2.05) is 13.8 Å². The molecule has 0 saturated carbocycles. The molecule has 0 aliphatic carbocycles. The largest absolute Gasteiger partial charge is 0.480 e. The minimum atomic E-state index is -0.982. The van der Waals surface area contributed by atoms with Gasteiger partial charge in [0.2, 0.25) is 5.91 Å². The first-order valence-electron chi connectivity index (χ1n) is 5.71. The van der Waals surface area contributed by atoms with E-state index in [9.17, 15) is 9.59 Å². The van der Waals surface area contributed by atoms with Crippen molar-refractivity contribution in [2.45, 2.75) is 45.6 Å². The first kappa shape index (κ1) is 14.9. The summed E-state index contributed by atoms with van der Waals surface area (Å²) in [7, 11) is 0. The molecular weight excluding hydrogens is 210 g/mol. The van der Waals surface area contributed by atoms with Crippen LogP contribution < -0.4 is 5.32 Å². The molecule has 2 N–H and O–H groups in total. The van der Waals surface area contributed by atoms with Gasteiger partial charge in [-0.25, -0.2) is 4.79 Å². The molecule has 16 heavy (non-hydrogen) atoms. The van der Waals surface area contributed by atoms with E-state index in [1.165, 1.54) is 0 Å². The van der Waals surface area contributed by atoms with Crippen LogP contribution in [0.1, 0.15) is 39.5 Å². The standard InChI is InChI=1S/C11H21NO4/c1-3-5-9(11(14)15)12-10(13)6-8-16-7-4-2/h9H,3-8H2,1-2H3,(H,12,13)(H,14,15). The molecule has 1 atom stereocenters. The van der Waals surface area contributed by atoms with Gasteiger partial charge in [0.05, 0.1) is 6.61 Å². The highest BCUT2D eigenvalue weighted by Crippen LogP contribution is 1.97. The summed E-state index contributed by atoms with van der Waals surface area (Å²) in [6.45, 7) is 4.84. The number of hydrogen-bond donors (Lipinski definition) is 2. The average molecular weight is 231 g/mol. The number of aliphatic carboxylic acids is 1. The summed E-state index contributed by atoms with van der Waals surface area (Å²) in [5, 5.41) is 11.3. The number of ether oxygens (including phenoxy) is 1. The van der Waals surface area contributed by atoms with Crippen LogP contribution in [0.3, 0.4) is 0 Å². The second-order valence-corrected chi connectivity index (χ2v) is 3.61. The molecule has 0 fully saturated rings. The highest BCUT2D eigenvalue weighted by molar-refractivity contribution is 5.83. The molecule has 0 aliphatic heterocycles. The predicted molar refractivity (Wildman–Crippen MR) is 60.2 cm³/mol. The fourth-order valence-corrected chi connectivity index (χ4v) is 1.22. The number of hydrogen-bond acceptors (Lipinski definition) is 3. The van der Waals surface area contributed by atoms with Crippen LogP contribution in [0.5, 0.6) is 0 Å². The zero-order chi connectivity index (χ0) is 12.4. The van der Waals surface area contributed by atoms with Gasteiger partial charge in [0.1, 0.15) is 6.04 Å². The second kappa shape index (κ2) is 9.15. The van der Waals surface area contributed by atoms with Gasteiger partial charge < -0.3 is 15.2 Å². The molecule has 94 valence electrons. The fraction of sp³-hybridized carbons (Fsp3) is 0.818. The summed E-state index contributed by atoms with van der Waals surface area (Å²) >= 11 is 0. The average Bonchev–Trinajstić information content (AvgIpc) is 2.23. The molecule has 5 heteroatoms. The maximum atomic E-state index is 11.3. The van der Waals surface area contributed by atoms with Crippen LogP contribution in [0.2, 0.25) is 0 Å². The van der Waals surface area contributed by atoms with Crippen molar-refractivity contribution in [2.24, 2.45) is 0 Å². The lowest BCUT2D eigenvalue weighted by Gasteiger charge is -2.13.